The number of aliphatic hydroxyl groups excluding tert-OH is 1. The summed E-state index contributed by atoms with van der Waals surface area (Å²) in [4.78, 5) is 8.00. The van der Waals surface area contributed by atoms with Gasteiger partial charge in [0.25, 0.3) is 0 Å². The molecule has 0 saturated heterocycles. The van der Waals surface area contributed by atoms with Gasteiger partial charge in [-0.05, 0) is 0 Å². The van der Waals surface area contributed by atoms with Crippen LogP contribution in [0.25, 0.3) is 0 Å². The maximum absolute atomic E-state index is 8.00. The molecule has 0 aliphatic rings. The van der Waals surface area contributed by atoms with Crippen LogP contribution in [0.1, 0.15) is 0 Å². The van der Waals surface area contributed by atoms with Crippen LogP contribution < -0.4 is 0 Å². The van der Waals surface area contributed by atoms with E-state index in [0.717, 1.165) is 7.11 Å². The molecule has 0 atom stereocenters. The molecule has 0 unspecified atom stereocenters. The topological polar surface area (TPSA) is 37.3 Å². The number of rotatable bonds is 0. The molecule has 0 radical (unpaired) electrons. The molecule has 0 aliphatic heterocycles. The second-order valence-corrected chi connectivity index (χ2v) is 2.23. The fourth-order valence-corrected chi connectivity index (χ4v) is 0. The van der Waals surface area contributed by atoms with Crippen LogP contribution in [0.5, 0.6) is 0 Å². The Kier molecular flexibility index (Phi) is 51.1. The monoisotopic (exact) mass is 180 g/mol. The van der Waals surface area contributed by atoms with Crippen molar-refractivity contribution in [1.29, 1.82) is 0 Å². The fraction of sp³-hybridized carbons (Fsp3) is 0.667. The lowest BCUT2D eigenvalue weighted by Crippen LogP contribution is -1.55. The first-order valence-corrected chi connectivity index (χ1v) is 2.70. The highest BCUT2D eigenvalue weighted by atomic mass is 35.6. The highest BCUT2D eigenvalue weighted by Crippen LogP contribution is 2.03. The van der Waals surface area contributed by atoms with Crippen molar-refractivity contribution in [3.63, 3.8) is 0 Å². The Morgan fingerprint density at radius 3 is 1.25 bits per heavy atom. The van der Waals surface area contributed by atoms with E-state index in [2.05, 4.69) is 0 Å². The summed E-state index contributed by atoms with van der Waals surface area (Å²) < 4.78 is -0.750. The van der Waals surface area contributed by atoms with E-state index in [1.54, 1.807) is 0 Å². The summed E-state index contributed by atoms with van der Waals surface area (Å²) in [5, 5.41) is 7.00. The lowest BCUT2D eigenvalue weighted by Gasteiger charge is -1.69. The SMILES string of the molecule is C=O.CO.ClC(Cl)Cl. The molecule has 0 aromatic rings. The predicted octanol–water partition coefficient (Wildman–Crippen LogP) is 1.41. The highest BCUT2D eigenvalue weighted by Gasteiger charge is 1.78. The van der Waals surface area contributed by atoms with Crippen LogP contribution in [0.2, 0.25) is 0 Å². The second-order valence-electron chi connectivity index (χ2n) is 0.247. The number of halogens is 3. The summed E-state index contributed by atoms with van der Waals surface area (Å²) in [5.41, 5.74) is 0. The minimum absolute atomic E-state index is 0.750. The number of carbonyl (C=O) groups is 1. The maximum atomic E-state index is 8.00. The number of carbonyl (C=O) groups excluding carboxylic acids is 1. The summed E-state index contributed by atoms with van der Waals surface area (Å²) in [7, 11) is 1.00. The molecule has 0 rings (SSSR count). The molecule has 5 heteroatoms. The molecule has 1 N–H and O–H groups in total. The van der Waals surface area contributed by atoms with E-state index in [4.69, 9.17) is 44.7 Å². The zero-order chi connectivity index (χ0) is 7.58. The zero-order valence-electron chi connectivity index (χ0n) is 4.27. The molecule has 0 bridgehead atoms. The molecule has 0 amide bonds. The van der Waals surface area contributed by atoms with Crippen molar-refractivity contribution in [2.75, 3.05) is 7.11 Å². The Morgan fingerprint density at radius 1 is 1.25 bits per heavy atom. The molecule has 0 aromatic heterocycles. The quantitative estimate of drug-likeness (QED) is 0.574. The molecule has 2 nitrogen and oxygen atoms in total. The van der Waals surface area contributed by atoms with Crippen molar-refractivity contribution in [2.24, 2.45) is 0 Å². The van der Waals surface area contributed by atoms with Crippen LogP contribution in [0.15, 0.2) is 0 Å². The van der Waals surface area contributed by atoms with Gasteiger partial charge in [0.2, 0.25) is 0 Å². The summed E-state index contributed by atoms with van der Waals surface area (Å²) in [6.45, 7) is 2.00. The van der Waals surface area contributed by atoms with Crippen molar-refractivity contribution >= 4 is 41.6 Å². The van der Waals surface area contributed by atoms with Crippen LogP contribution in [-0.2, 0) is 4.79 Å². The first-order valence-electron chi connectivity index (χ1n) is 1.39. The third-order valence-electron chi connectivity index (χ3n) is 0. The Labute approximate surface area is 63.3 Å². The number of aliphatic hydroxyl groups is 1. The standard InChI is InChI=1S/CHCl3.CH4O.CH2O/c2-1(3)4;2*1-2/h1H;2H,1H3;1H2. The Morgan fingerprint density at radius 2 is 1.25 bits per heavy atom. The Balaban J connectivity index is -0.0000000542. The molecule has 0 fully saturated rings. The van der Waals surface area contributed by atoms with Crippen LogP contribution in [-0.4, -0.2) is 23.3 Å². The summed E-state index contributed by atoms with van der Waals surface area (Å²) >= 11 is 14.4. The van der Waals surface area contributed by atoms with Crippen molar-refractivity contribution in [3.8, 4) is 0 Å². The van der Waals surface area contributed by atoms with E-state index in [0.29, 0.717) is 0 Å². The number of alkyl halides is 3. The number of hydrogen-bond acceptors (Lipinski definition) is 2. The predicted molar refractivity (Wildman–Crippen MR) is 36.6 cm³/mol. The van der Waals surface area contributed by atoms with E-state index in [9.17, 15) is 0 Å². The van der Waals surface area contributed by atoms with Gasteiger partial charge in [0.15, 0.2) is 4.30 Å². The van der Waals surface area contributed by atoms with Crippen LogP contribution >= 0.6 is 34.8 Å². The second kappa shape index (κ2) is 25.9. The van der Waals surface area contributed by atoms with Crippen molar-refractivity contribution in [3.05, 3.63) is 0 Å². The van der Waals surface area contributed by atoms with Crippen LogP contribution in [0.3, 0.4) is 0 Å². The largest absolute Gasteiger partial charge is 0.400 e. The van der Waals surface area contributed by atoms with Crippen molar-refractivity contribution in [2.45, 2.75) is 4.30 Å². The van der Waals surface area contributed by atoms with E-state index in [1.165, 1.54) is 0 Å². The van der Waals surface area contributed by atoms with Gasteiger partial charge in [0.05, 0.1) is 0 Å². The van der Waals surface area contributed by atoms with Gasteiger partial charge in [-0.15, -0.1) is 0 Å². The third kappa shape index (κ3) is 787. The van der Waals surface area contributed by atoms with Gasteiger partial charge in [-0.2, -0.15) is 0 Å². The molecule has 0 aromatic carbocycles. The van der Waals surface area contributed by atoms with Crippen molar-refractivity contribution in [1.82, 2.24) is 0 Å². The molecular weight excluding hydrogens is 174 g/mol. The zero-order valence-corrected chi connectivity index (χ0v) is 6.54. The normalized spacial score (nSPS) is 5.75. The molecule has 8 heavy (non-hydrogen) atoms. The van der Waals surface area contributed by atoms with Crippen LogP contribution in [0, 0.1) is 0 Å². The van der Waals surface area contributed by atoms with Gasteiger partial charge in [0.1, 0.15) is 6.79 Å². The molecule has 0 spiro atoms. The molecule has 0 aliphatic carbocycles. The smallest absolute Gasteiger partial charge is 0.180 e. The van der Waals surface area contributed by atoms with Gasteiger partial charge in [-0.25, -0.2) is 0 Å². The van der Waals surface area contributed by atoms with E-state index in [1.807, 2.05) is 6.79 Å². The summed E-state index contributed by atoms with van der Waals surface area (Å²) in [5.74, 6) is 0. The van der Waals surface area contributed by atoms with E-state index in [-0.39, 0.29) is 0 Å². The lowest BCUT2D eigenvalue weighted by molar-refractivity contribution is -0.0979. The molecule has 52 valence electrons. The van der Waals surface area contributed by atoms with E-state index < -0.39 is 4.30 Å². The average molecular weight is 181 g/mol. The fourth-order valence-electron chi connectivity index (χ4n) is 0. The van der Waals surface area contributed by atoms with Gasteiger partial charge < -0.3 is 9.90 Å². The van der Waals surface area contributed by atoms with Gasteiger partial charge >= 0.3 is 0 Å². The van der Waals surface area contributed by atoms with Crippen molar-refractivity contribution < 1.29 is 9.90 Å². The molecule has 0 saturated carbocycles. The minimum Gasteiger partial charge on any atom is -0.400 e. The van der Waals surface area contributed by atoms with E-state index >= 15 is 0 Å². The first-order chi connectivity index (χ1) is 3.73. The highest BCUT2D eigenvalue weighted by molar-refractivity contribution is 6.63. The van der Waals surface area contributed by atoms with Gasteiger partial charge in [-0.3, -0.25) is 0 Å². The lowest BCUT2D eigenvalue weighted by atomic mass is 11.8. The first kappa shape index (κ1) is 15.8. The minimum atomic E-state index is -0.750. The van der Waals surface area contributed by atoms with Crippen LogP contribution in [0.4, 0.5) is 0 Å². The summed E-state index contributed by atoms with van der Waals surface area (Å²) in [6.07, 6.45) is 0. The Hall–Kier alpha value is 0.500. The maximum Gasteiger partial charge on any atom is 0.180 e. The van der Waals surface area contributed by atoms with Gasteiger partial charge in [0, 0.05) is 7.11 Å². The molecule has 0 heterocycles. The summed E-state index contributed by atoms with van der Waals surface area (Å²) in [6, 6.07) is 0. The van der Waals surface area contributed by atoms with Gasteiger partial charge in [-0.1, -0.05) is 34.8 Å². The third-order valence-corrected chi connectivity index (χ3v) is 0. The average Bonchev–Trinajstić information content (AvgIpc) is 1.75. The number of hydrogen-bond donors (Lipinski definition) is 1. The Bertz CT molecular complexity index is 23.7. The molecular formula is C3H7Cl3O2.